The molecule has 1 aliphatic rings. The van der Waals surface area contributed by atoms with Crippen LogP contribution in [0.25, 0.3) is 0 Å². The second-order valence-electron chi connectivity index (χ2n) is 4.54. The van der Waals surface area contributed by atoms with Crippen LogP contribution in [0.4, 0.5) is 0 Å². The Bertz CT molecular complexity index is 580. The highest BCUT2D eigenvalue weighted by Gasteiger charge is 2.29. The summed E-state index contributed by atoms with van der Waals surface area (Å²) in [4.78, 5) is 11.9. The first-order valence-corrected chi connectivity index (χ1v) is 7.51. The van der Waals surface area contributed by atoms with Crippen LogP contribution in [0.3, 0.4) is 0 Å². The van der Waals surface area contributed by atoms with Crippen LogP contribution in [0.2, 0.25) is 0 Å². The second-order valence-corrected chi connectivity index (χ2v) is 6.77. The fourth-order valence-corrected chi connectivity index (χ4v) is 3.69. The fraction of sp³-hybridized carbons (Fsp3) is 0.417. The first-order valence-electron chi connectivity index (χ1n) is 5.69. The number of carbonyl (C=O) groups excluding carboxylic acids is 1. The lowest BCUT2D eigenvalue weighted by Gasteiger charge is -2.12. The first-order chi connectivity index (χ1) is 8.39. The molecule has 2 rings (SSSR count). The van der Waals surface area contributed by atoms with Gasteiger partial charge < -0.3 is 10.4 Å². The maximum atomic E-state index is 11.9. The molecule has 1 amide bonds. The SMILES string of the molecule is Cc1cccc(C(=O)NC2CCS(=O)(=O)C2)c1O. The van der Waals surface area contributed by atoms with Gasteiger partial charge in [0, 0.05) is 6.04 Å². The van der Waals surface area contributed by atoms with Crippen molar-refractivity contribution in [2.24, 2.45) is 0 Å². The van der Waals surface area contributed by atoms with Gasteiger partial charge >= 0.3 is 0 Å². The molecule has 1 aromatic rings. The summed E-state index contributed by atoms with van der Waals surface area (Å²) in [6.07, 6.45) is 0.431. The number of amides is 1. The number of phenolic OH excluding ortho intramolecular Hbond substituents is 1. The molecular weight excluding hydrogens is 254 g/mol. The summed E-state index contributed by atoms with van der Waals surface area (Å²) < 4.78 is 22.6. The van der Waals surface area contributed by atoms with E-state index in [4.69, 9.17) is 0 Å². The molecule has 98 valence electrons. The first kappa shape index (κ1) is 12.9. The summed E-state index contributed by atoms with van der Waals surface area (Å²) in [6, 6.07) is 4.53. The van der Waals surface area contributed by atoms with Gasteiger partial charge in [0.15, 0.2) is 9.84 Å². The van der Waals surface area contributed by atoms with Crippen molar-refractivity contribution in [2.75, 3.05) is 11.5 Å². The number of para-hydroxylation sites is 1. The largest absolute Gasteiger partial charge is 0.507 e. The van der Waals surface area contributed by atoms with Crippen LogP contribution in [0.1, 0.15) is 22.3 Å². The van der Waals surface area contributed by atoms with Gasteiger partial charge in [0.2, 0.25) is 0 Å². The van der Waals surface area contributed by atoms with Gasteiger partial charge in [-0.2, -0.15) is 0 Å². The molecule has 5 nitrogen and oxygen atoms in total. The number of aryl methyl sites for hydroxylation is 1. The van der Waals surface area contributed by atoms with E-state index in [1.54, 1.807) is 19.1 Å². The van der Waals surface area contributed by atoms with Crippen molar-refractivity contribution in [3.8, 4) is 5.75 Å². The van der Waals surface area contributed by atoms with E-state index in [9.17, 15) is 18.3 Å². The van der Waals surface area contributed by atoms with Gasteiger partial charge in [0.25, 0.3) is 5.91 Å². The van der Waals surface area contributed by atoms with Gasteiger partial charge in [-0.15, -0.1) is 0 Å². The number of hydrogen-bond donors (Lipinski definition) is 2. The van der Waals surface area contributed by atoms with Crippen LogP contribution in [-0.2, 0) is 9.84 Å². The van der Waals surface area contributed by atoms with E-state index < -0.39 is 15.7 Å². The molecule has 1 unspecified atom stereocenters. The van der Waals surface area contributed by atoms with E-state index in [2.05, 4.69) is 5.32 Å². The van der Waals surface area contributed by atoms with Gasteiger partial charge in [-0.25, -0.2) is 8.42 Å². The molecule has 0 aliphatic carbocycles. The number of rotatable bonds is 2. The van der Waals surface area contributed by atoms with Gasteiger partial charge in [-0.3, -0.25) is 4.79 Å². The third-order valence-corrected chi connectivity index (χ3v) is 4.82. The molecule has 0 saturated carbocycles. The molecule has 0 spiro atoms. The summed E-state index contributed by atoms with van der Waals surface area (Å²) in [5.74, 6) is -0.405. The number of sulfone groups is 1. The molecule has 0 aromatic heterocycles. The number of hydrogen-bond acceptors (Lipinski definition) is 4. The van der Waals surface area contributed by atoms with Crippen LogP contribution in [-0.4, -0.2) is 37.0 Å². The molecule has 1 aromatic carbocycles. The van der Waals surface area contributed by atoms with Crippen molar-refractivity contribution in [3.05, 3.63) is 29.3 Å². The van der Waals surface area contributed by atoms with Crippen molar-refractivity contribution in [1.29, 1.82) is 0 Å². The molecular formula is C12H15NO4S. The van der Waals surface area contributed by atoms with E-state index in [0.29, 0.717) is 12.0 Å². The third-order valence-electron chi connectivity index (χ3n) is 3.05. The van der Waals surface area contributed by atoms with Crippen molar-refractivity contribution < 1.29 is 18.3 Å². The van der Waals surface area contributed by atoms with Crippen LogP contribution < -0.4 is 5.32 Å². The van der Waals surface area contributed by atoms with Crippen molar-refractivity contribution in [1.82, 2.24) is 5.32 Å². The molecule has 1 saturated heterocycles. The molecule has 1 atom stereocenters. The molecule has 0 radical (unpaired) electrons. The topological polar surface area (TPSA) is 83.5 Å². The normalized spacial score (nSPS) is 21.7. The van der Waals surface area contributed by atoms with Crippen LogP contribution in [0.15, 0.2) is 18.2 Å². The summed E-state index contributed by atoms with van der Waals surface area (Å²) in [5.41, 5.74) is 0.793. The zero-order valence-corrected chi connectivity index (χ0v) is 10.8. The Morgan fingerprint density at radius 1 is 1.44 bits per heavy atom. The summed E-state index contributed by atoms with van der Waals surface area (Å²) >= 11 is 0. The molecule has 1 heterocycles. The highest BCUT2D eigenvalue weighted by Crippen LogP contribution is 2.22. The van der Waals surface area contributed by atoms with Crippen molar-refractivity contribution in [2.45, 2.75) is 19.4 Å². The van der Waals surface area contributed by atoms with Crippen molar-refractivity contribution in [3.63, 3.8) is 0 Å². The number of nitrogens with one attached hydrogen (secondary N) is 1. The Morgan fingerprint density at radius 3 is 2.78 bits per heavy atom. The Hall–Kier alpha value is -1.56. The minimum Gasteiger partial charge on any atom is -0.507 e. The summed E-state index contributed by atoms with van der Waals surface area (Å²) in [5, 5.41) is 12.4. The Kier molecular flexibility index (Phi) is 3.30. The fourth-order valence-electron chi connectivity index (χ4n) is 2.01. The summed E-state index contributed by atoms with van der Waals surface area (Å²) in [7, 11) is -3.02. The third kappa shape index (κ3) is 2.64. The van der Waals surface area contributed by atoms with Gasteiger partial charge in [0.1, 0.15) is 5.75 Å². The van der Waals surface area contributed by atoms with Crippen LogP contribution >= 0.6 is 0 Å². The number of aromatic hydroxyl groups is 1. The lowest BCUT2D eigenvalue weighted by Crippen LogP contribution is -2.35. The predicted molar refractivity (Wildman–Crippen MR) is 67.4 cm³/mol. The zero-order chi connectivity index (χ0) is 13.3. The Morgan fingerprint density at radius 2 is 2.17 bits per heavy atom. The molecule has 1 aliphatic heterocycles. The molecule has 2 N–H and O–H groups in total. The van der Waals surface area contributed by atoms with Crippen LogP contribution in [0, 0.1) is 6.92 Å². The van der Waals surface area contributed by atoms with E-state index in [1.807, 2.05) is 0 Å². The standard InChI is InChI=1S/C12H15NO4S/c1-8-3-2-4-10(11(8)14)12(15)13-9-5-6-18(16,17)7-9/h2-4,9,14H,5-7H2,1H3,(H,13,15). The molecule has 0 bridgehead atoms. The van der Waals surface area contributed by atoms with Gasteiger partial charge in [-0.1, -0.05) is 12.1 Å². The van der Waals surface area contributed by atoms with Gasteiger partial charge in [-0.05, 0) is 25.0 Å². The molecule has 1 fully saturated rings. The number of benzene rings is 1. The Labute approximate surface area is 106 Å². The van der Waals surface area contributed by atoms with Crippen LogP contribution in [0.5, 0.6) is 5.75 Å². The maximum Gasteiger partial charge on any atom is 0.255 e. The van der Waals surface area contributed by atoms with E-state index in [-0.39, 0.29) is 28.9 Å². The quantitative estimate of drug-likeness (QED) is 0.824. The van der Waals surface area contributed by atoms with Gasteiger partial charge in [0.05, 0.1) is 17.1 Å². The second kappa shape index (κ2) is 4.61. The average Bonchev–Trinajstić information content (AvgIpc) is 2.62. The Balaban J connectivity index is 2.11. The van der Waals surface area contributed by atoms with Crippen molar-refractivity contribution >= 4 is 15.7 Å². The summed E-state index contributed by atoms with van der Waals surface area (Å²) in [6.45, 7) is 1.70. The minimum absolute atomic E-state index is 0.0225. The maximum absolute atomic E-state index is 11.9. The monoisotopic (exact) mass is 269 g/mol. The number of carbonyl (C=O) groups is 1. The minimum atomic E-state index is -3.02. The molecule has 18 heavy (non-hydrogen) atoms. The lowest BCUT2D eigenvalue weighted by molar-refractivity contribution is 0.0938. The highest BCUT2D eigenvalue weighted by molar-refractivity contribution is 7.91. The van der Waals surface area contributed by atoms with E-state index in [1.165, 1.54) is 6.07 Å². The predicted octanol–water partition coefficient (Wildman–Crippen LogP) is 0.618. The van der Waals surface area contributed by atoms with E-state index in [0.717, 1.165) is 0 Å². The number of phenols is 1. The average molecular weight is 269 g/mol. The highest BCUT2D eigenvalue weighted by atomic mass is 32.2. The smallest absolute Gasteiger partial charge is 0.255 e. The molecule has 6 heteroatoms. The zero-order valence-electron chi connectivity index (χ0n) is 10.0. The van der Waals surface area contributed by atoms with E-state index >= 15 is 0 Å². The lowest BCUT2D eigenvalue weighted by atomic mass is 10.1.